The third-order valence-corrected chi connectivity index (χ3v) is 4.64. The average molecular weight is 270 g/mol. The van der Waals surface area contributed by atoms with Crippen LogP contribution in [0.25, 0.3) is 0 Å². The summed E-state index contributed by atoms with van der Waals surface area (Å²) in [5.74, 6) is 9.23. The molecule has 0 aliphatic heterocycles. The fourth-order valence-electron chi connectivity index (χ4n) is 1.72. The molecule has 0 aliphatic rings. The molecule has 2 rings (SSSR count). The van der Waals surface area contributed by atoms with Crippen LogP contribution in [-0.4, -0.2) is 0 Å². The van der Waals surface area contributed by atoms with Crippen molar-refractivity contribution in [3.8, 4) is 24.2 Å². The van der Waals surface area contributed by atoms with Crippen LogP contribution in [0, 0.1) is 24.2 Å². The highest BCUT2D eigenvalue weighted by atomic mass is 32.1. The summed E-state index contributed by atoms with van der Waals surface area (Å²) in [5, 5.41) is 2.10. The summed E-state index contributed by atoms with van der Waals surface area (Å²) < 4.78 is 0. The highest BCUT2D eigenvalue weighted by Crippen LogP contribution is 2.22. The molecule has 0 aliphatic carbocycles. The third kappa shape index (κ3) is 2.67. The van der Waals surface area contributed by atoms with Crippen molar-refractivity contribution in [1.29, 1.82) is 0 Å². The van der Waals surface area contributed by atoms with Gasteiger partial charge in [-0.15, -0.1) is 29.1 Å². The first-order valence-electron chi connectivity index (χ1n) is 5.96. The minimum Gasteiger partial charge on any atom is -0.135 e. The number of thiophene rings is 2. The Balaban J connectivity index is 2.31. The van der Waals surface area contributed by atoms with Crippen molar-refractivity contribution in [1.82, 2.24) is 0 Å². The van der Waals surface area contributed by atoms with Crippen LogP contribution in [0.5, 0.6) is 0 Å². The SMILES string of the molecule is C#Cc1sc(C#Cc2sccc2CC)cc1CC. The van der Waals surface area contributed by atoms with Gasteiger partial charge in [-0.3, -0.25) is 0 Å². The van der Waals surface area contributed by atoms with Crippen molar-refractivity contribution in [3.63, 3.8) is 0 Å². The molecule has 0 fully saturated rings. The molecule has 0 nitrogen and oxygen atoms in total. The molecule has 2 heterocycles. The van der Waals surface area contributed by atoms with E-state index >= 15 is 0 Å². The Hall–Kier alpha value is -1.48. The monoisotopic (exact) mass is 270 g/mol. The molecular formula is C16H14S2. The maximum absolute atomic E-state index is 5.49. The zero-order chi connectivity index (χ0) is 13.0. The van der Waals surface area contributed by atoms with E-state index in [9.17, 15) is 0 Å². The number of aryl methyl sites for hydroxylation is 2. The molecule has 2 aromatic heterocycles. The Morgan fingerprint density at radius 1 is 1.11 bits per heavy atom. The molecule has 0 saturated carbocycles. The average Bonchev–Trinajstić information content (AvgIpc) is 3.01. The van der Waals surface area contributed by atoms with Gasteiger partial charge in [0.05, 0.1) is 14.6 Å². The zero-order valence-electron chi connectivity index (χ0n) is 10.5. The first kappa shape index (κ1) is 13.0. The maximum Gasteiger partial charge on any atom is 0.0810 e. The number of hydrogen-bond acceptors (Lipinski definition) is 2. The first-order valence-corrected chi connectivity index (χ1v) is 7.65. The van der Waals surface area contributed by atoms with Gasteiger partial charge in [-0.25, -0.2) is 0 Å². The Bertz CT molecular complexity index is 639. The van der Waals surface area contributed by atoms with Crippen LogP contribution < -0.4 is 0 Å². The van der Waals surface area contributed by atoms with Crippen LogP contribution in [0.3, 0.4) is 0 Å². The normalized spacial score (nSPS) is 9.61. The van der Waals surface area contributed by atoms with Gasteiger partial charge in [0, 0.05) is 0 Å². The minimum absolute atomic E-state index is 0.969. The van der Waals surface area contributed by atoms with Gasteiger partial charge in [-0.2, -0.15) is 0 Å². The Kier molecular flexibility index (Phi) is 4.26. The zero-order valence-corrected chi connectivity index (χ0v) is 12.2. The maximum atomic E-state index is 5.49. The summed E-state index contributed by atoms with van der Waals surface area (Å²) in [6.45, 7) is 4.28. The van der Waals surface area contributed by atoms with Crippen LogP contribution >= 0.6 is 22.7 Å². The number of rotatable bonds is 2. The quantitative estimate of drug-likeness (QED) is 0.713. The number of terminal acetylenes is 1. The molecule has 0 amide bonds. The molecule has 0 spiro atoms. The first-order chi connectivity index (χ1) is 8.78. The highest BCUT2D eigenvalue weighted by Gasteiger charge is 2.04. The van der Waals surface area contributed by atoms with Crippen molar-refractivity contribution in [2.75, 3.05) is 0 Å². The van der Waals surface area contributed by atoms with E-state index in [1.807, 2.05) is 0 Å². The molecule has 2 aromatic rings. The van der Waals surface area contributed by atoms with Gasteiger partial charge in [0.1, 0.15) is 0 Å². The molecule has 0 bridgehead atoms. The van der Waals surface area contributed by atoms with Crippen molar-refractivity contribution < 1.29 is 0 Å². The fraction of sp³-hybridized carbons (Fsp3) is 0.250. The van der Waals surface area contributed by atoms with Gasteiger partial charge in [0.2, 0.25) is 0 Å². The van der Waals surface area contributed by atoms with Crippen molar-refractivity contribution in [2.24, 2.45) is 0 Å². The Labute approximate surface area is 117 Å². The van der Waals surface area contributed by atoms with E-state index in [4.69, 9.17) is 6.42 Å². The third-order valence-electron chi connectivity index (χ3n) is 2.75. The van der Waals surface area contributed by atoms with E-state index in [1.54, 1.807) is 22.7 Å². The van der Waals surface area contributed by atoms with Gasteiger partial charge in [0.25, 0.3) is 0 Å². The predicted octanol–water partition coefficient (Wildman–Crippen LogP) is 4.32. The minimum atomic E-state index is 0.969. The summed E-state index contributed by atoms with van der Waals surface area (Å²) in [5.41, 5.74) is 2.56. The lowest BCUT2D eigenvalue weighted by atomic mass is 10.2. The second-order valence-electron chi connectivity index (χ2n) is 3.84. The van der Waals surface area contributed by atoms with Gasteiger partial charge < -0.3 is 0 Å². The molecule has 0 aromatic carbocycles. The van der Waals surface area contributed by atoms with Crippen LogP contribution in [0.4, 0.5) is 0 Å². The summed E-state index contributed by atoms with van der Waals surface area (Å²) in [4.78, 5) is 3.25. The molecule has 0 unspecified atom stereocenters. The van der Waals surface area contributed by atoms with Crippen LogP contribution in [0.1, 0.15) is 39.6 Å². The molecule has 90 valence electrons. The summed E-state index contributed by atoms with van der Waals surface area (Å²) in [6, 6.07) is 4.26. The highest BCUT2D eigenvalue weighted by molar-refractivity contribution is 7.13. The van der Waals surface area contributed by atoms with E-state index in [-0.39, 0.29) is 0 Å². The second kappa shape index (κ2) is 5.91. The van der Waals surface area contributed by atoms with Crippen molar-refractivity contribution >= 4 is 22.7 Å². The lowest BCUT2D eigenvalue weighted by molar-refractivity contribution is 1.15. The van der Waals surface area contributed by atoms with Crippen molar-refractivity contribution in [2.45, 2.75) is 26.7 Å². The fourth-order valence-corrected chi connectivity index (χ4v) is 3.48. The van der Waals surface area contributed by atoms with Gasteiger partial charge in [0.15, 0.2) is 0 Å². The molecule has 0 radical (unpaired) electrons. The Morgan fingerprint density at radius 2 is 1.89 bits per heavy atom. The molecule has 0 atom stereocenters. The van der Waals surface area contributed by atoms with E-state index < -0.39 is 0 Å². The number of hydrogen-bond donors (Lipinski definition) is 0. The second-order valence-corrected chi connectivity index (χ2v) is 5.81. The van der Waals surface area contributed by atoms with Gasteiger partial charge in [-0.1, -0.05) is 19.8 Å². The lowest BCUT2D eigenvalue weighted by Gasteiger charge is -1.89. The largest absolute Gasteiger partial charge is 0.135 e. The Morgan fingerprint density at radius 3 is 2.50 bits per heavy atom. The molecule has 18 heavy (non-hydrogen) atoms. The van der Waals surface area contributed by atoms with E-state index in [0.29, 0.717) is 0 Å². The van der Waals surface area contributed by atoms with Crippen molar-refractivity contribution in [3.05, 3.63) is 43.3 Å². The van der Waals surface area contributed by atoms with E-state index in [1.165, 1.54) is 16.0 Å². The lowest BCUT2D eigenvalue weighted by Crippen LogP contribution is -1.78. The molecular weight excluding hydrogens is 256 g/mol. The van der Waals surface area contributed by atoms with Crippen LogP contribution in [0.2, 0.25) is 0 Å². The standard InChI is InChI=1S/C16H14S2/c1-4-12-9-10-17-16(12)8-7-14-11-13(5-2)15(6-3)18-14/h3,9-11H,4-5H2,1-2H3. The van der Waals surface area contributed by atoms with Gasteiger partial charge in [-0.05, 0) is 53.3 Å². The summed E-state index contributed by atoms with van der Waals surface area (Å²) >= 11 is 3.32. The molecule has 2 heteroatoms. The van der Waals surface area contributed by atoms with E-state index in [2.05, 4.69) is 49.1 Å². The summed E-state index contributed by atoms with van der Waals surface area (Å²) in [7, 11) is 0. The topological polar surface area (TPSA) is 0 Å². The predicted molar refractivity (Wildman–Crippen MR) is 81.3 cm³/mol. The van der Waals surface area contributed by atoms with Crippen LogP contribution in [-0.2, 0) is 12.8 Å². The van der Waals surface area contributed by atoms with Gasteiger partial charge >= 0.3 is 0 Å². The summed E-state index contributed by atoms with van der Waals surface area (Å²) in [6.07, 6.45) is 7.49. The smallest absolute Gasteiger partial charge is 0.0810 e. The molecule has 0 N–H and O–H groups in total. The van der Waals surface area contributed by atoms with E-state index in [0.717, 1.165) is 22.6 Å². The molecule has 0 saturated heterocycles. The van der Waals surface area contributed by atoms with Crippen LogP contribution in [0.15, 0.2) is 17.5 Å².